The predicted molar refractivity (Wildman–Crippen MR) is 104 cm³/mol. The zero-order valence-electron chi connectivity index (χ0n) is 15.4. The quantitative estimate of drug-likeness (QED) is 0.769. The van der Waals surface area contributed by atoms with Crippen LogP contribution in [0, 0.1) is 6.92 Å². The van der Waals surface area contributed by atoms with E-state index >= 15 is 0 Å². The first kappa shape index (κ1) is 17.3. The number of aromatic hydroxyl groups is 1. The number of hydrogen-bond acceptors (Lipinski definition) is 5. The van der Waals surface area contributed by atoms with Crippen LogP contribution in [0.25, 0.3) is 11.0 Å². The number of phenolic OH excluding ortho intramolecular Hbond substituents is 1. The maximum absolute atomic E-state index is 13.0. The van der Waals surface area contributed by atoms with Gasteiger partial charge in [-0.2, -0.15) is 0 Å². The van der Waals surface area contributed by atoms with Gasteiger partial charge in [-0.15, -0.1) is 0 Å². The van der Waals surface area contributed by atoms with E-state index in [0.29, 0.717) is 37.5 Å². The Balaban J connectivity index is 1.52. The molecule has 1 amide bonds. The number of furan rings is 1. The van der Waals surface area contributed by atoms with Gasteiger partial charge >= 0.3 is 0 Å². The van der Waals surface area contributed by atoms with E-state index in [2.05, 4.69) is 4.90 Å². The summed E-state index contributed by atoms with van der Waals surface area (Å²) in [5.74, 6) is 1.29. The third-order valence-corrected chi connectivity index (χ3v) is 5.13. The van der Waals surface area contributed by atoms with Crippen LogP contribution in [0.2, 0.25) is 0 Å². The number of aryl methyl sites for hydroxylation is 1. The molecule has 0 unspecified atom stereocenters. The van der Waals surface area contributed by atoms with Gasteiger partial charge in [0.2, 0.25) is 0 Å². The van der Waals surface area contributed by atoms with Crippen LogP contribution in [0.4, 0.5) is 5.69 Å². The molecule has 0 aliphatic carbocycles. The van der Waals surface area contributed by atoms with Crippen molar-refractivity contribution in [2.24, 2.45) is 0 Å². The van der Waals surface area contributed by atoms with Gasteiger partial charge in [0.15, 0.2) is 5.76 Å². The number of benzene rings is 2. The van der Waals surface area contributed by atoms with E-state index in [9.17, 15) is 9.90 Å². The fourth-order valence-electron chi connectivity index (χ4n) is 3.56. The summed E-state index contributed by atoms with van der Waals surface area (Å²) in [5, 5.41) is 10.9. The van der Waals surface area contributed by atoms with Crippen molar-refractivity contribution < 1.29 is 19.1 Å². The monoisotopic (exact) mass is 366 g/mol. The van der Waals surface area contributed by atoms with Crippen LogP contribution in [0.5, 0.6) is 11.5 Å². The highest BCUT2D eigenvalue weighted by Gasteiger charge is 2.27. The van der Waals surface area contributed by atoms with Gasteiger partial charge in [0.1, 0.15) is 17.1 Å². The van der Waals surface area contributed by atoms with Gasteiger partial charge in [-0.1, -0.05) is 12.1 Å². The van der Waals surface area contributed by atoms with Gasteiger partial charge in [-0.05, 0) is 37.3 Å². The van der Waals surface area contributed by atoms with E-state index in [4.69, 9.17) is 9.15 Å². The molecule has 1 aliphatic heterocycles. The molecule has 0 radical (unpaired) electrons. The van der Waals surface area contributed by atoms with Crippen LogP contribution < -0.4 is 9.64 Å². The number of amides is 1. The Hall–Kier alpha value is -3.15. The molecule has 1 aliphatic rings. The van der Waals surface area contributed by atoms with Crippen LogP contribution in [0.3, 0.4) is 0 Å². The number of para-hydroxylation sites is 2. The highest BCUT2D eigenvalue weighted by Crippen LogP contribution is 2.31. The highest BCUT2D eigenvalue weighted by molar-refractivity contribution is 5.99. The molecular weight excluding hydrogens is 344 g/mol. The Labute approximate surface area is 157 Å². The molecule has 1 N–H and O–H groups in total. The summed E-state index contributed by atoms with van der Waals surface area (Å²) in [6.07, 6.45) is 0. The van der Waals surface area contributed by atoms with E-state index in [1.165, 1.54) is 0 Å². The van der Waals surface area contributed by atoms with Gasteiger partial charge in [-0.3, -0.25) is 4.79 Å². The van der Waals surface area contributed by atoms with Crippen molar-refractivity contribution in [1.29, 1.82) is 0 Å². The molecule has 2 heterocycles. The summed E-state index contributed by atoms with van der Waals surface area (Å²) in [5.41, 5.74) is 2.32. The molecule has 1 aromatic heterocycles. The summed E-state index contributed by atoms with van der Waals surface area (Å²) < 4.78 is 11.1. The van der Waals surface area contributed by atoms with Crippen molar-refractivity contribution in [3.63, 3.8) is 0 Å². The molecule has 0 saturated carbocycles. The number of carbonyl (C=O) groups is 1. The minimum absolute atomic E-state index is 0.0976. The SMILES string of the molecule is COc1ccc2oc(C(=O)N3CCN(c4ccccc4O)CC3)c(C)c2c1. The number of anilines is 1. The second-order valence-electron chi connectivity index (χ2n) is 6.69. The van der Waals surface area contributed by atoms with Crippen molar-refractivity contribution in [2.45, 2.75) is 6.92 Å². The largest absolute Gasteiger partial charge is 0.506 e. The number of fused-ring (bicyclic) bond motifs is 1. The first-order valence-corrected chi connectivity index (χ1v) is 8.98. The van der Waals surface area contributed by atoms with Crippen molar-refractivity contribution in [1.82, 2.24) is 4.90 Å². The Morgan fingerprint density at radius 1 is 1.11 bits per heavy atom. The van der Waals surface area contributed by atoms with Crippen LogP contribution >= 0.6 is 0 Å². The molecule has 4 rings (SSSR count). The Morgan fingerprint density at radius 3 is 2.56 bits per heavy atom. The highest BCUT2D eigenvalue weighted by atomic mass is 16.5. The minimum atomic E-state index is -0.0976. The van der Waals surface area contributed by atoms with Crippen molar-refractivity contribution in [2.75, 3.05) is 38.2 Å². The summed E-state index contributed by atoms with van der Waals surface area (Å²) in [6, 6.07) is 12.8. The van der Waals surface area contributed by atoms with E-state index in [-0.39, 0.29) is 11.7 Å². The average Bonchev–Trinajstić information content (AvgIpc) is 3.04. The van der Waals surface area contributed by atoms with Gasteiger partial charge in [0.25, 0.3) is 5.91 Å². The van der Waals surface area contributed by atoms with Crippen LogP contribution in [0.1, 0.15) is 16.1 Å². The number of ether oxygens (including phenoxy) is 1. The summed E-state index contributed by atoms with van der Waals surface area (Å²) in [4.78, 5) is 16.9. The fraction of sp³-hybridized carbons (Fsp3) is 0.286. The van der Waals surface area contributed by atoms with Gasteiger partial charge in [0.05, 0.1) is 12.8 Å². The Bertz CT molecular complexity index is 987. The molecule has 1 fully saturated rings. The van der Waals surface area contributed by atoms with Gasteiger partial charge in [-0.25, -0.2) is 0 Å². The normalized spacial score (nSPS) is 14.6. The fourth-order valence-corrected chi connectivity index (χ4v) is 3.56. The standard InChI is InChI=1S/C21H22N2O4/c1-14-16-13-15(26-2)7-8-19(16)27-20(14)21(25)23-11-9-22(10-12-23)17-5-3-4-6-18(17)24/h3-8,13,24H,9-12H2,1-2H3. The zero-order valence-corrected chi connectivity index (χ0v) is 15.4. The van der Waals surface area contributed by atoms with Crippen LogP contribution in [-0.2, 0) is 0 Å². The number of hydrogen-bond donors (Lipinski definition) is 1. The number of rotatable bonds is 3. The molecule has 6 nitrogen and oxygen atoms in total. The lowest BCUT2D eigenvalue weighted by Crippen LogP contribution is -2.48. The zero-order chi connectivity index (χ0) is 19.0. The molecule has 27 heavy (non-hydrogen) atoms. The number of nitrogens with zero attached hydrogens (tertiary/aromatic N) is 2. The molecular formula is C21H22N2O4. The van der Waals surface area contributed by atoms with E-state index in [0.717, 1.165) is 22.4 Å². The number of phenols is 1. The summed E-state index contributed by atoms with van der Waals surface area (Å²) >= 11 is 0. The lowest BCUT2D eigenvalue weighted by Gasteiger charge is -2.36. The maximum atomic E-state index is 13.0. The summed E-state index contributed by atoms with van der Waals surface area (Å²) in [7, 11) is 1.62. The topological polar surface area (TPSA) is 66.2 Å². The minimum Gasteiger partial charge on any atom is -0.506 e. The average molecular weight is 366 g/mol. The first-order chi connectivity index (χ1) is 13.1. The third kappa shape index (κ3) is 3.07. The Morgan fingerprint density at radius 2 is 1.85 bits per heavy atom. The molecule has 0 bridgehead atoms. The van der Waals surface area contributed by atoms with E-state index < -0.39 is 0 Å². The van der Waals surface area contributed by atoms with Crippen molar-refractivity contribution in [3.8, 4) is 11.5 Å². The second kappa shape index (κ2) is 6.87. The van der Waals surface area contributed by atoms with E-state index in [1.54, 1.807) is 24.1 Å². The Kier molecular flexibility index (Phi) is 4.39. The predicted octanol–water partition coefficient (Wildman–Crippen LogP) is 3.42. The van der Waals surface area contributed by atoms with Crippen molar-refractivity contribution >= 4 is 22.6 Å². The molecule has 0 spiro atoms. The summed E-state index contributed by atoms with van der Waals surface area (Å²) in [6.45, 7) is 4.38. The third-order valence-electron chi connectivity index (χ3n) is 5.13. The smallest absolute Gasteiger partial charge is 0.290 e. The number of piperazine rings is 1. The number of carbonyl (C=O) groups excluding carboxylic acids is 1. The van der Waals surface area contributed by atoms with Gasteiger partial charge in [0, 0.05) is 37.1 Å². The lowest BCUT2D eigenvalue weighted by molar-refractivity contribution is 0.0716. The first-order valence-electron chi connectivity index (χ1n) is 8.98. The molecule has 140 valence electrons. The molecule has 0 atom stereocenters. The second-order valence-corrected chi connectivity index (χ2v) is 6.69. The number of methoxy groups -OCH3 is 1. The van der Waals surface area contributed by atoms with Crippen LogP contribution in [-0.4, -0.2) is 49.2 Å². The van der Waals surface area contributed by atoms with Gasteiger partial charge < -0.3 is 24.1 Å². The molecule has 1 saturated heterocycles. The lowest BCUT2D eigenvalue weighted by atomic mass is 10.1. The van der Waals surface area contributed by atoms with Crippen LogP contribution in [0.15, 0.2) is 46.9 Å². The molecule has 2 aromatic carbocycles. The molecule has 6 heteroatoms. The maximum Gasteiger partial charge on any atom is 0.290 e. The van der Waals surface area contributed by atoms with Crippen molar-refractivity contribution in [3.05, 3.63) is 53.8 Å². The molecule has 3 aromatic rings. The van der Waals surface area contributed by atoms with E-state index in [1.807, 2.05) is 37.3 Å².